The van der Waals surface area contributed by atoms with Gasteiger partial charge in [-0.3, -0.25) is 0 Å². The summed E-state index contributed by atoms with van der Waals surface area (Å²) in [5.41, 5.74) is 4.36. The van der Waals surface area contributed by atoms with Crippen LogP contribution in [0.5, 0.6) is 23.0 Å². The van der Waals surface area contributed by atoms with Gasteiger partial charge in [0.2, 0.25) is 0 Å². The maximum absolute atomic E-state index is 6.43. The average Bonchev–Trinajstić information content (AvgIpc) is 2.87. The van der Waals surface area contributed by atoms with Gasteiger partial charge in [0.15, 0.2) is 11.5 Å². The van der Waals surface area contributed by atoms with Gasteiger partial charge in [-0.1, -0.05) is 103 Å². The largest absolute Gasteiger partial charge is 0.453 e. The van der Waals surface area contributed by atoms with Crippen molar-refractivity contribution < 1.29 is 9.47 Å². The van der Waals surface area contributed by atoms with Crippen LogP contribution >= 0.6 is 0 Å². The third-order valence-electron chi connectivity index (χ3n) is 5.22. The third-order valence-corrected chi connectivity index (χ3v) is 5.22. The highest BCUT2D eigenvalue weighted by Gasteiger charge is 2.17. The Morgan fingerprint density at radius 1 is 0.344 bits per heavy atom. The molecule has 0 heterocycles. The fourth-order valence-electron chi connectivity index (χ4n) is 3.72. The number of para-hydroxylation sites is 3. The number of hydrogen-bond acceptors (Lipinski definition) is 2. The maximum Gasteiger partial charge on any atom is 0.177 e. The monoisotopic (exact) mass is 414 g/mol. The Morgan fingerprint density at radius 3 is 1.50 bits per heavy atom. The van der Waals surface area contributed by atoms with Gasteiger partial charge >= 0.3 is 0 Å². The molecule has 0 aliphatic rings. The molecule has 0 saturated heterocycles. The summed E-state index contributed by atoms with van der Waals surface area (Å²) in [5, 5.41) is 0. The topological polar surface area (TPSA) is 18.5 Å². The van der Waals surface area contributed by atoms with Crippen molar-refractivity contribution in [2.24, 2.45) is 0 Å². The van der Waals surface area contributed by atoms with Gasteiger partial charge in [0.25, 0.3) is 0 Å². The van der Waals surface area contributed by atoms with E-state index in [2.05, 4.69) is 54.6 Å². The first-order chi connectivity index (χ1) is 15.9. The van der Waals surface area contributed by atoms with Gasteiger partial charge in [-0.15, -0.1) is 0 Å². The molecule has 0 bridgehead atoms. The quantitative estimate of drug-likeness (QED) is 0.277. The lowest BCUT2D eigenvalue weighted by atomic mass is 9.94. The van der Waals surface area contributed by atoms with E-state index in [9.17, 15) is 0 Å². The second kappa shape index (κ2) is 9.23. The molecule has 0 N–H and O–H groups in total. The molecule has 5 aromatic rings. The summed E-state index contributed by atoms with van der Waals surface area (Å²) < 4.78 is 12.7. The van der Waals surface area contributed by atoms with Crippen LogP contribution in [0.1, 0.15) is 0 Å². The third kappa shape index (κ3) is 4.26. The maximum atomic E-state index is 6.43. The van der Waals surface area contributed by atoms with Crippen LogP contribution in [-0.4, -0.2) is 0 Å². The van der Waals surface area contributed by atoms with Gasteiger partial charge < -0.3 is 9.47 Å². The van der Waals surface area contributed by atoms with E-state index in [1.165, 1.54) is 0 Å². The molecule has 2 heteroatoms. The zero-order valence-electron chi connectivity index (χ0n) is 17.5. The van der Waals surface area contributed by atoms with Gasteiger partial charge in [-0.05, 0) is 47.0 Å². The summed E-state index contributed by atoms with van der Waals surface area (Å²) >= 11 is 0. The minimum atomic E-state index is 0.667. The first-order valence-electron chi connectivity index (χ1n) is 10.6. The Labute approximate surface area is 188 Å². The zero-order valence-corrected chi connectivity index (χ0v) is 17.5. The molecular formula is C30H22O2. The van der Waals surface area contributed by atoms with Gasteiger partial charge in [0.1, 0.15) is 11.5 Å². The van der Waals surface area contributed by atoms with E-state index >= 15 is 0 Å². The van der Waals surface area contributed by atoms with Crippen molar-refractivity contribution in [2.45, 2.75) is 0 Å². The lowest BCUT2D eigenvalue weighted by Crippen LogP contribution is -1.94. The molecular weight excluding hydrogens is 392 g/mol. The molecule has 0 radical (unpaired) electrons. The van der Waals surface area contributed by atoms with Crippen molar-refractivity contribution in [1.29, 1.82) is 0 Å². The molecule has 0 amide bonds. The number of benzene rings is 5. The Bertz CT molecular complexity index is 1300. The van der Waals surface area contributed by atoms with Gasteiger partial charge in [0.05, 0.1) is 0 Å². The van der Waals surface area contributed by atoms with Crippen LogP contribution in [0.4, 0.5) is 0 Å². The molecule has 0 unspecified atom stereocenters. The summed E-state index contributed by atoms with van der Waals surface area (Å²) in [7, 11) is 0. The molecule has 0 saturated carbocycles. The predicted molar refractivity (Wildman–Crippen MR) is 130 cm³/mol. The Hall–Kier alpha value is -4.30. The van der Waals surface area contributed by atoms with E-state index < -0.39 is 0 Å². The fourth-order valence-corrected chi connectivity index (χ4v) is 3.72. The minimum absolute atomic E-state index is 0.667. The summed E-state index contributed by atoms with van der Waals surface area (Å²) in [6, 6.07) is 44.4. The SMILES string of the molecule is c1ccc(Oc2cccc(-c3ccccc3-c3ccccc3)c2Oc2ccccc2)cc1. The molecule has 5 rings (SSSR count). The van der Waals surface area contributed by atoms with E-state index in [0.29, 0.717) is 11.5 Å². The smallest absolute Gasteiger partial charge is 0.177 e. The lowest BCUT2D eigenvalue weighted by molar-refractivity contribution is 0.420. The number of rotatable bonds is 6. The highest BCUT2D eigenvalue weighted by molar-refractivity contribution is 5.87. The number of hydrogen-bond donors (Lipinski definition) is 0. The summed E-state index contributed by atoms with van der Waals surface area (Å²) in [6.45, 7) is 0. The molecule has 0 aliphatic heterocycles. The molecule has 32 heavy (non-hydrogen) atoms. The van der Waals surface area contributed by atoms with Crippen LogP contribution in [0.25, 0.3) is 22.3 Å². The van der Waals surface area contributed by atoms with Crippen molar-refractivity contribution >= 4 is 0 Å². The molecule has 2 nitrogen and oxygen atoms in total. The van der Waals surface area contributed by atoms with Crippen LogP contribution in [0.15, 0.2) is 133 Å². The molecule has 5 aromatic carbocycles. The van der Waals surface area contributed by atoms with E-state index in [4.69, 9.17) is 9.47 Å². The van der Waals surface area contributed by atoms with Gasteiger partial charge in [-0.2, -0.15) is 0 Å². The van der Waals surface area contributed by atoms with E-state index in [1.54, 1.807) is 0 Å². The normalized spacial score (nSPS) is 10.5. The Kier molecular flexibility index (Phi) is 5.67. The molecule has 0 atom stereocenters. The molecule has 0 aliphatic carbocycles. The van der Waals surface area contributed by atoms with Crippen LogP contribution in [0.2, 0.25) is 0 Å². The second-order valence-electron chi connectivity index (χ2n) is 7.37. The standard InChI is InChI=1S/C30H22O2/c1-4-13-23(14-5-1)26-19-10-11-20-27(26)28-21-12-22-29(31-24-15-6-2-7-16-24)30(28)32-25-17-8-3-9-18-25/h1-22H. The van der Waals surface area contributed by atoms with Gasteiger partial charge in [0, 0.05) is 5.56 Å². The van der Waals surface area contributed by atoms with E-state index in [0.717, 1.165) is 33.8 Å². The Balaban J connectivity index is 1.67. The zero-order chi connectivity index (χ0) is 21.6. The summed E-state index contributed by atoms with van der Waals surface area (Å²) in [4.78, 5) is 0. The lowest BCUT2D eigenvalue weighted by Gasteiger charge is -2.18. The molecule has 0 fully saturated rings. The van der Waals surface area contributed by atoms with Crippen LogP contribution in [0.3, 0.4) is 0 Å². The average molecular weight is 415 g/mol. The Morgan fingerprint density at radius 2 is 0.844 bits per heavy atom. The van der Waals surface area contributed by atoms with Crippen LogP contribution < -0.4 is 9.47 Å². The highest BCUT2D eigenvalue weighted by atomic mass is 16.5. The fraction of sp³-hybridized carbons (Fsp3) is 0. The summed E-state index contributed by atoms with van der Waals surface area (Å²) in [5.74, 6) is 2.88. The molecule has 0 aromatic heterocycles. The predicted octanol–water partition coefficient (Wildman–Crippen LogP) is 8.61. The van der Waals surface area contributed by atoms with Crippen molar-refractivity contribution in [3.8, 4) is 45.3 Å². The molecule has 0 spiro atoms. The second-order valence-corrected chi connectivity index (χ2v) is 7.37. The van der Waals surface area contributed by atoms with Crippen molar-refractivity contribution in [3.05, 3.63) is 133 Å². The van der Waals surface area contributed by atoms with Crippen molar-refractivity contribution in [2.75, 3.05) is 0 Å². The summed E-state index contributed by atoms with van der Waals surface area (Å²) in [6.07, 6.45) is 0. The van der Waals surface area contributed by atoms with Crippen molar-refractivity contribution in [3.63, 3.8) is 0 Å². The minimum Gasteiger partial charge on any atom is -0.453 e. The van der Waals surface area contributed by atoms with Gasteiger partial charge in [-0.25, -0.2) is 0 Å². The van der Waals surface area contributed by atoms with Crippen molar-refractivity contribution in [1.82, 2.24) is 0 Å². The highest BCUT2D eigenvalue weighted by Crippen LogP contribution is 2.45. The number of ether oxygens (including phenoxy) is 2. The molecule has 154 valence electrons. The van der Waals surface area contributed by atoms with Crippen LogP contribution in [-0.2, 0) is 0 Å². The van der Waals surface area contributed by atoms with E-state index in [1.807, 2.05) is 78.9 Å². The first kappa shape index (κ1) is 19.7. The first-order valence-corrected chi connectivity index (χ1v) is 10.6. The van der Waals surface area contributed by atoms with Crippen LogP contribution in [0, 0.1) is 0 Å². The van der Waals surface area contributed by atoms with E-state index in [-0.39, 0.29) is 0 Å².